The summed E-state index contributed by atoms with van der Waals surface area (Å²) in [5.41, 5.74) is -0.0765. The Balaban J connectivity index is 2.54. The normalized spacial score (nSPS) is 15.2. The highest BCUT2D eigenvalue weighted by molar-refractivity contribution is 5.64. The first kappa shape index (κ1) is 17.5. The van der Waals surface area contributed by atoms with Crippen LogP contribution in [0.3, 0.4) is 0 Å². The lowest BCUT2D eigenvalue weighted by Gasteiger charge is -2.20. The molecule has 25 heavy (non-hydrogen) atoms. The van der Waals surface area contributed by atoms with E-state index < -0.39 is 10.5 Å². The molecule has 122 valence electrons. The van der Waals surface area contributed by atoms with Gasteiger partial charge in [-0.3, -0.25) is 10.1 Å². The second kappa shape index (κ2) is 6.70. The molecule has 0 atom stereocenters. The number of nitriles is 3. The summed E-state index contributed by atoms with van der Waals surface area (Å²) < 4.78 is 5.64. The molecule has 1 aromatic rings. The van der Waals surface area contributed by atoms with E-state index in [1.807, 2.05) is 6.07 Å². The van der Waals surface area contributed by atoms with Crippen molar-refractivity contribution in [2.75, 3.05) is 0 Å². The summed E-state index contributed by atoms with van der Waals surface area (Å²) in [4.78, 5) is 10.3. The number of hydrogen-bond donors (Lipinski definition) is 0. The van der Waals surface area contributed by atoms with E-state index >= 15 is 0 Å². The lowest BCUT2D eigenvalue weighted by Crippen LogP contribution is -2.20. The Morgan fingerprint density at radius 1 is 1.24 bits per heavy atom. The molecule has 1 aliphatic rings. The third-order valence-corrected chi connectivity index (χ3v) is 3.59. The second-order valence-corrected chi connectivity index (χ2v) is 5.63. The van der Waals surface area contributed by atoms with Gasteiger partial charge >= 0.3 is 0 Å². The van der Waals surface area contributed by atoms with Gasteiger partial charge in [0.2, 0.25) is 0 Å². The van der Waals surface area contributed by atoms with Crippen molar-refractivity contribution in [1.29, 1.82) is 15.8 Å². The second-order valence-electron chi connectivity index (χ2n) is 5.63. The lowest BCUT2D eigenvalue weighted by atomic mass is 9.94. The summed E-state index contributed by atoms with van der Waals surface area (Å²) in [6, 6.07) is 11.4. The van der Waals surface area contributed by atoms with E-state index in [4.69, 9.17) is 15.3 Å². The van der Waals surface area contributed by atoms with E-state index in [0.717, 1.165) is 0 Å². The third kappa shape index (κ3) is 3.39. The Morgan fingerprint density at radius 2 is 1.92 bits per heavy atom. The highest BCUT2D eigenvalue weighted by atomic mass is 16.6. The fraction of sp³-hybridized carbons (Fsp3) is 0.167. The summed E-state index contributed by atoms with van der Waals surface area (Å²) in [5.74, 6) is -0.0452. The van der Waals surface area contributed by atoms with Crippen LogP contribution < -0.4 is 0 Å². The van der Waals surface area contributed by atoms with Crippen molar-refractivity contribution in [1.82, 2.24) is 0 Å². The van der Waals surface area contributed by atoms with Crippen LogP contribution >= 0.6 is 0 Å². The molecule has 0 unspecified atom stereocenters. The van der Waals surface area contributed by atoms with Crippen LogP contribution in [0.1, 0.15) is 19.4 Å². The predicted molar refractivity (Wildman–Crippen MR) is 88.2 cm³/mol. The minimum Gasteiger partial charge on any atom is -0.480 e. The summed E-state index contributed by atoms with van der Waals surface area (Å²) in [5, 5.41) is 38.3. The Bertz CT molecular complexity index is 947. The van der Waals surface area contributed by atoms with Gasteiger partial charge in [0, 0.05) is 17.7 Å². The number of ether oxygens (including phenoxy) is 1. The topological polar surface area (TPSA) is 124 Å². The number of allylic oxidation sites excluding steroid dienone is 2. The van der Waals surface area contributed by atoms with Gasteiger partial charge in [-0.15, -0.1) is 0 Å². The molecule has 1 heterocycles. The monoisotopic (exact) mass is 332 g/mol. The summed E-state index contributed by atoms with van der Waals surface area (Å²) in [7, 11) is 0. The standard InChI is InChI=1S/C18H12N4O3/c1-18(2)16(15(11-21)17(25-18)13(9-19)10-20)7-6-12-4-3-5-14(8-12)22(23)24/h3-8H,1-2H3/b7-6+. The maximum absolute atomic E-state index is 10.8. The molecular formula is C18H12N4O3. The van der Waals surface area contributed by atoms with Gasteiger partial charge in [-0.2, -0.15) is 15.8 Å². The molecule has 0 N–H and O–H groups in total. The van der Waals surface area contributed by atoms with Crippen LogP contribution in [-0.4, -0.2) is 10.5 Å². The van der Waals surface area contributed by atoms with Gasteiger partial charge in [0.05, 0.1) is 4.92 Å². The average Bonchev–Trinajstić information content (AvgIpc) is 2.84. The number of nitro groups is 1. The van der Waals surface area contributed by atoms with Crippen LogP contribution in [0.25, 0.3) is 6.08 Å². The fourth-order valence-corrected chi connectivity index (χ4v) is 2.40. The quantitative estimate of drug-likeness (QED) is 0.473. The number of nitrogens with zero attached hydrogens (tertiary/aromatic N) is 4. The van der Waals surface area contributed by atoms with Crippen LogP contribution in [0, 0.1) is 44.1 Å². The maximum Gasteiger partial charge on any atom is 0.270 e. The number of rotatable bonds is 3. The fourth-order valence-electron chi connectivity index (χ4n) is 2.40. The highest BCUT2D eigenvalue weighted by Crippen LogP contribution is 2.40. The molecule has 0 saturated carbocycles. The van der Waals surface area contributed by atoms with Crippen molar-refractivity contribution < 1.29 is 9.66 Å². The number of non-ortho nitro benzene ring substituents is 1. The van der Waals surface area contributed by atoms with Crippen LogP contribution in [0.4, 0.5) is 5.69 Å². The van der Waals surface area contributed by atoms with Gasteiger partial charge in [-0.25, -0.2) is 0 Å². The van der Waals surface area contributed by atoms with Crippen LogP contribution in [-0.2, 0) is 4.74 Å². The molecular weight excluding hydrogens is 320 g/mol. The zero-order valence-electron chi connectivity index (χ0n) is 13.5. The van der Waals surface area contributed by atoms with Gasteiger partial charge in [0.25, 0.3) is 5.69 Å². The van der Waals surface area contributed by atoms with Crippen molar-refractivity contribution >= 4 is 11.8 Å². The van der Waals surface area contributed by atoms with Crippen molar-refractivity contribution in [3.05, 3.63) is 68.5 Å². The molecule has 7 heteroatoms. The molecule has 0 aliphatic carbocycles. The van der Waals surface area contributed by atoms with Crippen LogP contribution in [0.15, 0.2) is 52.8 Å². The molecule has 7 nitrogen and oxygen atoms in total. The molecule has 0 bridgehead atoms. The van der Waals surface area contributed by atoms with Crippen molar-refractivity contribution in [2.24, 2.45) is 0 Å². The van der Waals surface area contributed by atoms with Gasteiger partial charge in [0.15, 0.2) is 11.3 Å². The van der Waals surface area contributed by atoms with Crippen molar-refractivity contribution in [2.45, 2.75) is 19.4 Å². The van der Waals surface area contributed by atoms with E-state index in [2.05, 4.69) is 0 Å². The first-order valence-electron chi connectivity index (χ1n) is 7.15. The minimum absolute atomic E-state index is 0.0452. The maximum atomic E-state index is 10.8. The molecule has 0 radical (unpaired) electrons. The average molecular weight is 332 g/mol. The first-order chi connectivity index (χ1) is 11.8. The predicted octanol–water partition coefficient (Wildman–Crippen LogP) is 3.54. The van der Waals surface area contributed by atoms with Crippen LogP contribution in [0.2, 0.25) is 0 Å². The van der Waals surface area contributed by atoms with Gasteiger partial charge in [-0.05, 0) is 19.4 Å². The Kier molecular flexibility index (Phi) is 4.68. The smallest absolute Gasteiger partial charge is 0.270 e. The Labute approximate surface area is 144 Å². The van der Waals surface area contributed by atoms with Gasteiger partial charge in [0.1, 0.15) is 29.4 Å². The summed E-state index contributed by atoms with van der Waals surface area (Å²) in [6.07, 6.45) is 3.23. The number of nitro benzene ring substituents is 1. The molecule has 0 saturated heterocycles. The zero-order valence-corrected chi connectivity index (χ0v) is 13.5. The SMILES string of the molecule is CC1(C)OC(=C(C#N)C#N)C(C#N)=C1/C=C/c1cccc([N+](=O)[O-])c1. The largest absolute Gasteiger partial charge is 0.480 e. The Morgan fingerprint density at radius 3 is 2.48 bits per heavy atom. The minimum atomic E-state index is -0.920. The Hall–Kier alpha value is -3.89. The highest BCUT2D eigenvalue weighted by Gasteiger charge is 2.38. The van der Waals surface area contributed by atoms with Crippen molar-refractivity contribution in [3.8, 4) is 18.2 Å². The molecule has 1 aromatic carbocycles. The van der Waals surface area contributed by atoms with Gasteiger partial charge < -0.3 is 4.74 Å². The van der Waals surface area contributed by atoms with Gasteiger partial charge in [-0.1, -0.05) is 24.3 Å². The third-order valence-electron chi connectivity index (χ3n) is 3.59. The molecule has 0 fully saturated rings. The van der Waals surface area contributed by atoms with Crippen molar-refractivity contribution in [3.63, 3.8) is 0 Å². The zero-order chi connectivity index (χ0) is 18.6. The number of hydrogen-bond acceptors (Lipinski definition) is 6. The molecule has 2 rings (SSSR count). The van der Waals surface area contributed by atoms with E-state index in [1.165, 1.54) is 12.1 Å². The lowest BCUT2D eigenvalue weighted by molar-refractivity contribution is -0.384. The molecule has 0 aromatic heterocycles. The number of benzene rings is 1. The molecule has 0 spiro atoms. The van der Waals surface area contributed by atoms with Crippen LogP contribution in [0.5, 0.6) is 0 Å². The van der Waals surface area contributed by atoms with E-state index in [9.17, 15) is 15.4 Å². The summed E-state index contributed by atoms with van der Waals surface area (Å²) >= 11 is 0. The molecule has 0 amide bonds. The summed E-state index contributed by atoms with van der Waals surface area (Å²) in [6.45, 7) is 3.41. The van der Waals surface area contributed by atoms with E-state index in [1.54, 1.807) is 50.3 Å². The first-order valence-corrected chi connectivity index (χ1v) is 7.15. The van der Waals surface area contributed by atoms with E-state index in [-0.39, 0.29) is 22.6 Å². The van der Waals surface area contributed by atoms with E-state index in [0.29, 0.717) is 11.1 Å². The molecule has 1 aliphatic heterocycles.